The zero-order chi connectivity index (χ0) is 17.5. The SMILES string of the molecule is CCOCCO.CCOCCOC(=O)C1CC1.O=C(Cl)C1CC1. The number of esters is 1. The third-order valence-corrected chi connectivity index (χ3v) is 3.23. The van der Waals surface area contributed by atoms with Crippen molar-refractivity contribution in [3.63, 3.8) is 0 Å². The quantitative estimate of drug-likeness (QED) is 0.389. The number of halogens is 1. The van der Waals surface area contributed by atoms with Gasteiger partial charge in [0.05, 0.1) is 25.7 Å². The van der Waals surface area contributed by atoms with Gasteiger partial charge in [0.25, 0.3) is 0 Å². The van der Waals surface area contributed by atoms with Gasteiger partial charge in [0.2, 0.25) is 5.24 Å². The standard InChI is InChI=1S/C8H14O3.C4H5ClO.C4H10O2/c1-2-10-5-6-11-8(9)7-3-4-7;5-4(6)3-1-2-3;1-2-6-4-3-5/h7H,2-6H2,1H3;3H,1-2H2;5H,2-4H2,1H3. The van der Waals surface area contributed by atoms with E-state index >= 15 is 0 Å². The van der Waals surface area contributed by atoms with Gasteiger partial charge >= 0.3 is 5.97 Å². The minimum absolute atomic E-state index is 0.0512. The summed E-state index contributed by atoms with van der Waals surface area (Å²) in [7, 11) is 0. The molecular weight excluding hydrogens is 324 g/mol. The third-order valence-electron chi connectivity index (χ3n) is 2.92. The van der Waals surface area contributed by atoms with Gasteiger partial charge in [0.15, 0.2) is 0 Å². The van der Waals surface area contributed by atoms with Crippen molar-refractivity contribution < 1.29 is 28.9 Å². The van der Waals surface area contributed by atoms with Crippen LogP contribution < -0.4 is 0 Å². The number of rotatable bonds is 9. The Balaban J connectivity index is 0.000000344. The first-order chi connectivity index (χ1) is 11.1. The molecule has 0 aromatic heterocycles. The van der Waals surface area contributed by atoms with Crippen molar-refractivity contribution in [1.82, 2.24) is 0 Å². The van der Waals surface area contributed by atoms with Crippen LogP contribution in [0.5, 0.6) is 0 Å². The Labute approximate surface area is 143 Å². The molecule has 0 bridgehead atoms. The lowest BCUT2D eigenvalue weighted by Crippen LogP contribution is -2.11. The number of aliphatic hydroxyl groups is 1. The van der Waals surface area contributed by atoms with Crippen molar-refractivity contribution in [3.8, 4) is 0 Å². The molecule has 6 nitrogen and oxygen atoms in total. The second kappa shape index (κ2) is 14.9. The van der Waals surface area contributed by atoms with Crippen LogP contribution in [0.1, 0.15) is 39.5 Å². The van der Waals surface area contributed by atoms with Crippen molar-refractivity contribution in [1.29, 1.82) is 0 Å². The van der Waals surface area contributed by atoms with E-state index in [-0.39, 0.29) is 29.7 Å². The second-order valence-electron chi connectivity index (χ2n) is 5.14. The molecule has 0 heterocycles. The average Bonchev–Trinajstić information content (AvgIpc) is 3.42. The molecule has 0 aliphatic heterocycles. The zero-order valence-corrected chi connectivity index (χ0v) is 14.8. The number of carbonyl (C=O) groups excluding carboxylic acids is 2. The number of hydrogen-bond acceptors (Lipinski definition) is 6. The largest absolute Gasteiger partial charge is 0.463 e. The Bertz CT molecular complexity index is 312. The molecule has 2 saturated carbocycles. The summed E-state index contributed by atoms with van der Waals surface area (Å²) in [4.78, 5) is 20.9. The number of hydrogen-bond donors (Lipinski definition) is 1. The molecule has 0 radical (unpaired) electrons. The van der Waals surface area contributed by atoms with Crippen LogP contribution in [0.2, 0.25) is 0 Å². The van der Waals surface area contributed by atoms with Crippen LogP contribution in [0.3, 0.4) is 0 Å². The molecule has 0 amide bonds. The molecule has 136 valence electrons. The maximum Gasteiger partial charge on any atom is 0.309 e. The highest BCUT2D eigenvalue weighted by molar-refractivity contribution is 6.64. The van der Waals surface area contributed by atoms with Gasteiger partial charge in [-0.05, 0) is 51.1 Å². The highest BCUT2D eigenvalue weighted by Gasteiger charge is 2.30. The molecule has 2 rings (SSSR count). The summed E-state index contributed by atoms with van der Waals surface area (Å²) in [5.41, 5.74) is 0. The second-order valence-corrected chi connectivity index (χ2v) is 5.51. The summed E-state index contributed by atoms with van der Waals surface area (Å²) >= 11 is 5.04. The highest BCUT2D eigenvalue weighted by atomic mass is 35.5. The molecule has 0 aromatic carbocycles. The third kappa shape index (κ3) is 16.0. The Kier molecular flexibility index (Phi) is 14.4. The topological polar surface area (TPSA) is 82.1 Å². The van der Waals surface area contributed by atoms with Gasteiger partial charge in [-0.2, -0.15) is 0 Å². The first kappa shape index (κ1) is 22.3. The van der Waals surface area contributed by atoms with Gasteiger partial charge in [0.1, 0.15) is 6.61 Å². The Morgan fingerprint density at radius 1 is 0.957 bits per heavy atom. The molecule has 2 aliphatic rings. The van der Waals surface area contributed by atoms with E-state index in [0.717, 1.165) is 25.7 Å². The maximum absolute atomic E-state index is 10.9. The smallest absolute Gasteiger partial charge is 0.309 e. The molecule has 1 N–H and O–H groups in total. The van der Waals surface area contributed by atoms with Crippen LogP contribution in [-0.4, -0.2) is 56.0 Å². The number of carbonyl (C=O) groups is 2. The minimum atomic E-state index is -0.157. The Hall–Kier alpha value is -0.690. The van der Waals surface area contributed by atoms with E-state index in [1.54, 1.807) is 0 Å². The predicted octanol–water partition coefficient (Wildman–Crippen LogP) is 2.15. The molecule has 0 spiro atoms. The van der Waals surface area contributed by atoms with E-state index in [1.807, 2.05) is 13.8 Å². The molecule has 0 aromatic rings. The van der Waals surface area contributed by atoms with Crippen LogP contribution in [0, 0.1) is 11.8 Å². The fourth-order valence-corrected chi connectivity index (χ4v) is 1.52. The number of ether oxygens (including phenoxy) is 3. The number of aliphatic hydroxyl groups excluding tert-OH is 1. The summed E-state index contributed by atoms with van der Waals surface area (Å²) < 4.78 is 14.6. The normalized spacial score (nSPS) is 15.7. The van der Waals surface area contributed by atoms with Crippen LogP contribution in [0.4, 0.5) is 0 Å². The van der Waals surface area contributed by atoms with E-state index in [4.69, 9.17) is 30.9 Å². The van der Waals surface area contributed by atoms with Crippen molar-refractivity contribution in [3.05, 3.63) is 0 Å². The first-order valence-electron chi connectivity index (χ1n) is 8.19. The van der Waals surface area contributed by atoms with Gasteiger partial charge in [-0.1, -0.05) is 0 Å². The van der Waals surface area contributed by atoms with Crippen molar-refractivity contribution in [2.75, 3.05) is 39.6 Å². The fourth-order valence-electron chi connectivity index (χ4n) is 1.30. The summed E-state index contributed by atoms with van der Waals surface area (Å²) in [6.45, 7) is 6.72. The van der Waals surface area contributed by atoms with Gasteiger partial charge < -0.3 is 19.3 Å². The van der Waals surface area contributed by atoms with Crippen molar-refractivity contribution in [2.45, 2.75) is 39.5 Å². The van der Waals surface area contributed by atoms with Crippen molar-refractivity contribution in [2.24, 2.45) is 11.8 Å². The van der Waals surface area contributed by atoms with Crippen LogP contribution in [0.25, 0.3) is 0 Å². The lowest BCUT2D eigenvalue weighted by atomic mass is 10.4. The van der Waals surface area contributed by atoms with Crippen LogP contribution in [-0.2, 0) is 23.8 Å². The summed E-state index contributed by atoms with van der Waals surface area (Å²) in [5, 5.41) is 7.91. The molecule has 0 atom stereocenters. The fraction of sp³-hybridized carbons (Fsp3) is 0.875. The lowest BCUT2D eigenvalue weighted by molar-refractivity contribution is -0.146. The average molecular weight is 353 g/mol. The van der Waals surface area contributed by atoms with Crippen LogP contribution in [0.15, 0.2) is 0 Å². The first-order valence-corrected chi connectivity index (χ1v) is 8.56. The Morgan fingerprint density at radius 2 is 1.48 bits per heavy atom. The highest BCUT2D eigenvalue weighted by Crippen LogP contribution is 2.30. The van der Waals surface area contributed by atoms with Gasteiger partial charge in [-0.15, -0.1) is 0 Å². The van der Waals surface area contributed by atoms with Crippen LogP contribution >= 0.6 is 11.6 Å². The molecule has 7 heteroatoms. The molecule has 0 saturated heterocycles. The van der Waals surface area contributed by atoms with E-state index in [2.05, 4.69) is 0 Å². The molecule has 2 aliphatic carbocycles. The van der Waals surface area contributed by atoms with E-state index in [9.17, 15) is 9.59 Å². The molecule has 23 heavy (non-hydrogen) atoms. The summed E-state index contributed by atoms with van der Waals surface area (Å²) in [6, 6.07) is 0. The van der Waals surface area contributed by atoms with Crippen molar-refractivity contribution >= 4 is 22.8 Å². The van der Waals surface area contributed by atoms with E-state index < -0.39 is 0 Å². The predicted molar refractivity (Wildman–Crippen MR) is 87.3 cm³/mol. The maximum atomic E-state index is 10.9. The lowest BCUT2D eigenvalue weighted by Gasteiger charge is -2.02. The molecular formula is C16H29ClO6. The molecule has 2 fully saturated rings. The van der Waals surface area contributed by atoms with Gasteiger partial charge in [-0.25, -0.2) is 0 Å². The monoisotopic (exact) mass is 352 g/mol. The Morgan fingerprint density at radius 3 is 1.78 bits per heavy atom. The van der Waals surface area contributed by atoms with Gasteiger partial charge in [-0.3, -0.25) is 9.59 Å². The van der Waals surface area contributed by atoms with Gasteiger partial charge in [0, 0.05) is 19.1 Å². The zero-order valence-electron chi connectivity index (χ0n) is 14.1. The van der Waals surface area contributed by atoms with E-state index in [1.165, 1.54) is 0 Å². The van der Waals surface area contributed by atoms with E-state index in [0.29, 0.717) is 33.0 Å². The summed E-state index contributed by atoms with van der Waals surface area (Å²) in [6.07, 6.45) is 4.05. The molecule has 0 unspecified atom stereocenters. The summed E-state index contributed by atoms with van der Waals surface area (Å²) in [5.74, 6) is 0.382. The minimum Gasteiger partial charge on any atom is -0.463 e.